The Morgan fingerprint density at radius 1 is 1.36 bits per heavy atom. The second-order valence-electron chi connectivity index (χ2n) is 5.88. The van der Waals surface area contributed by atoms with Crippen molar-refractivity contribution < 1.29 is 17.9 Å². The van der Waals surface area contributed by atoms with Crippen LogP contribution >= 0.6 is 27.7 Å². The van der Waals surface area contributed by atoms with E-state index in [1.54, 1.807) is 22.8 Å². The number of thioether (sulfide) groups is 1. The van der Waals surface area contributed by atoms with Crippen molar-refractivity contribution in [3.8, 4) is 0 Å². The Morgan fingerprint density at radius 3 is 2.72 bits per heavy atom. The highest BCUT2D eigenvalue weighted by atomic mass is 79.9. The van der Waals surface area contributed by atoms with E-state index in [9.17, 15) is 18.0 Å². The maximum Gasteiger partial charge on any atom is 0.411 e. The lowest BCUT2D eigenvalue weighted by atomic mass is 10.2. The van der Waals surface area contributed by atoms with E-state index in [1.165, 1.54) is 11.8 Å². The highest BCUT2D eigenvalue weighted by molar-refractivity contribution is 9.10. The molecule has 0 radical (unpaired) electrons. The predicted octanol–water partition coefficient (Wildman–Crippen LogP) is 4.49. The van der Waals surface area contributed by atoms with Crippen molar-refractivity contribution in [1.29, 1.82) is 0 Å². The van der Waals surface area contributed by atoms with Gasteiger partial charge in [-0.2, -0.15) is 13.2 Å². The molecule has 1 aromatic heterocycles. The molecule has 0 aliphatic heterocycles. The molecule has 2 aromatic rings. The van der Waals surface area contributed by atoms with Gasteiger partial charge in [0.1, 0.15) is 6.61 Å². The van der Waals surface area contributed by atoms with Gasteiger partial charge >= 0.3 is 6.18 Å². The summed E-state index contributed by atoms with van der Waals surface area (Å²) in [6.45, 7) is 3.11. The molecule has 1 aromatic carbocycles. The van der Waals surface area contributed by atoms with E-state index >= 15 is 0 Å². The lowest BCUT2D eigenvalue weighted by Crippen LogP contribution is -2.25. The quantitative estimate of drug-likeness (QED) is 0.363. The van der Waals surface area contributed by atoms with Crippen molar-refractivity contribution in [3.05, 3.63) is 33.0 Å². The minimum absolute atomic E-state index is 0.0693. The zero-order valence-electron chi connectivity index (χ0n) is 13.8. The summed E-state index contributed by atoms with van der Waals surface area (Å²) in [7, 11) is 0. The van der Waals surface area contributed by atoms with Gasteiger partial charge in [-0.3, -0.25) is 9.36 Å². The second-order valence-corrected chi connectivity index (χ2v) is 7.86. The van der Waals surface area contributed by atoms with E-state index in [0.29, 0.717) is 22.6 Å². The summed E-state index contributed by atoms with van der Waals surface area (Å²) in [5.74, 6) is 0.507. The van der Waals surface area contributed by atoms with E-state index in [2.05, 4.69) is 25.7 Å². The largest absolute Gasteiger partial charge is 0.411 e. The molecule has 0 N–H and O–H groups in total. The van der Waals surface area contributed by atoms with Crippen LogP contribution in [0.1, 0.15) is 13.8 Å². The van der Waals surface area contributed by atoms with Crippen molar-refractivity contribution in [2.24, 2.45) is 5.92 Å². The average Bonchev–Trinajstić information content (AvgIpc) is 2.50. The standard InChI is InChI=1S/C16H18BrF3N2O2S/c1-10(2)8-22-14(23)12-7-11(17)3-4-13(12)21-15(22)25-6-5-24-9-16(18,19)20/h3-4,7,10H,5-6,8-9H2,1-2H3. The predicted molar refractivity (Wildman–Crippen MR) is 96.1 cm³/mol. The van der Waals surface area contributed by atoms with Gasteiger partial charge in [0.05, 0.1) is 17.5 Å². The molecule has 0 fully saturated rings. The monoisotopic (exact) mass is 438 g/mol. The SMILES string of the molecule is CC(C)Cn1c(SCCOCC(F)(F)F)nc2ccc(Br)cc2c1=O. The molecule has 0 amide bonds. The Bertz CT molecular complexity index is 793. The van der Waals surface area contributed by atoms with Crippen LogP contribution in [-0.2, 0) is 11.3 Å². The Labute approximate surface area is 155 Å². The summed E-state index contributed by atoms with van der Waals surface area (Å²) >= 11 is 4.57. The number of hydrogen-bond donors (Lipinski definition) is 0. The van der Waals surface area contributed by atoms with Crippen LogP contribution in [0.15, 0.2) is 32.6 Å². The van der Waals surface area contributed by atoms with Gasteiger partial charge in [0.15, 0.2) is 5.16 Å². The molecular formula is C16H18BrF3N2O2S. The normalized spacial score (nSPS) is 12.3. The van der Waals surface area contributed by atoms with Gasteiger partial charge in [-0.05, 0) is 24.1 Å². The van der Waals surface area contributed by atoms with Crippen LogP contribution in [0, 0.1) is 5.92 Å². The van der Waals surface area contributed by atoms with Crippen molar-refractivity contribution in [3.63, 3.8) is 0 Å². The van der Waals surface area contributed by atoms with Gasteiger partial charge in [-0.1, -0.05) is 41.5 Å². The van der Waals surface area contributed by atoms with Crippen molar-refractivity contribution >= 4 is 38.6 Å². The molecule has 4 nitrogen and oxygen atoms in total. The number of benzene rings is 1. The van der Waals surface area contributed by atoms with Gasteiger partial charge in [0, 0.05) is 16.8 Å². The molecule has 0 unspecified atom stereocenters. The maximum atomic E-state index is 12.8. The van der Waals surface area contributed by atoms with Crippen LogP contribution < -0.4 is 5.56 Å². The molecule has 9 heteroatoms. The number of nitrogens with zero attached hydrogens (tertiary/aromatic N) is 2. The van der Waals surface area contributed by atoms with Crippen LogP contribution in [0.2, 0.25) is 0 Å². The molecule has 0 atom stereocenters. The van der Waals surface area contributed by atoms with Crippen LogP contribution in [0.4, 0.5) is 13.2 Å². The summed E-state index contributed by atoms with van der Waals surface area (Å²) < 4.78 is 43.2. The molecule has 0 bridgehead atoms. The van der Waals surface area contributed by atoms with Crippen molar-refractivity contribution in [2.75, 3.05) is 19.0 Å². The highest BCUT2D eigenvalue weighted by Crippen LogP contribution is 2.21. The van der Waals surface area contributed by atoms with Crippen LogP contribution in [-0.4, -0.2) is 34.7 Å². The van der Waals surface area contributed by atoms with E-state index in [-0.39, 0.29) is 23.8 Å². The number of fused-ring (bicyclic) bond motifs is 1. The van der Waals surface area contributed by atoms with E-state index < -0.39 is 12.8 Å². The first-order valence-electron chi connectivity index (χ1n) is 7.65. The molecule has 25 heavy (non-hydrogen) atoms. The Balaban J connectivity index is 2.22. The third kappa shape index (κ3) is 6.00. The number of rotatable bonds is 7. The summed E-state index contributed by atoms with van der Waals surface area (Å²) in [5, 5.41) is 0.997. The number of hydrogen-bond acceptors (Lipinski definition) is 4. The maximum absolute atomic E-state index is 12.8. The molecule has 2 rings (SSSR count). The molecule has 0 aliphatic rings. The molecule has 0 saturated heterocycles. The lowest BCUT2D eigenvalue weighted by Gasteiger charge is -2.15. The Kier molecular flexibility index (Phi) is 6.93. The first-order valence-corrected chi connectivity index (χ1v) is 9.42. The average molecular weight is 439 g/mol. The third-order valence-corrected chi connectivity index (χ3v) is 4.59. The summed E-state index contributed by atoms with van der Waals surface area (Å²) in [6, 6.07) is 5.26. The Hall–Kier alpha value is -1.06. The number of ether oxygens (including phenoxy) is 1. The fourth-order valence-corrected chi connectivity index (χ4v) is 3.41. The minimum atomic E-state index is -4.33. The lowest BCUT2D eigenvalue weighted by molar-refractivity contribution is -0.172. The molecule has 0 spiro atoms. The Morgan fingerprint density at radius 2 is 2.08 bits per heavy atom. The van der Waals surface area contributed by atoms with Gasteiger partial charge in [0.25, 0.3) is 5.56 Å². The first-order chi connectivity index (χ1) is 11.7. The highest BCUT2D eigenvalue weighted by Gasteiger charge is 2.27. The minimum Gasteiger partial charge on any atom is -0.371 e. The van der Waals surface area contributed by atoms with Gasteiger partial charge in [-0.15, -0.1) is 0 Å². The second kappa shape index (κ2) is 8.55. The number of alkyl halides is 3. The van der Waals surface area contributed by atoms with Crippen LogP contribution in [0.5, 0.6) is 0 Å². The third-order valence-electron chi connectivity index (χ3n) is 3.15. The zero-order chi connectivity index (χ0) is 18.6. The molecule has 0 aliphatic carbocycles. The van der Waals surface area contributed by atoms with E-state index in [0.717, 1.165) is 4.47 Å². The summed E-state index contributed by atoms with van der Waals surface area (Å²) in [5.41, 5.74) is 0.408. The van der Waals surface area contributed by atoms with Gasteiger partial charge < -0.3 is 4.74 Å². The van der Waals surface area contributed by atoms with Crippen LogP contribution in [0.25, 0.3) is 10.9 Å². The number of halogens is 4. The first kappa shape index (κ1) is 20.3. The fraction of sp³-hybridized carbons (Fsp3) is 0.500. The fourth-order valence-electron chi connectivity index (χ4n) is 2.19. The topological polar surface area (TPSA) is 44.1 Å². The molecular weight excluding hydrogens is 421 g/mol. The smallest absolute Gasteiger partial charge is 0.371 e. The van der Waals surface area contributed by atoms with Crippen LogP contribution in [0.3, 0.4) is 0 Å². The summed E-state index contributed by atoms with van der Waals surface area (Å²) in [4.78, 5) is 17.3. The summed E-state index contributed by atoms with van der Waals surface area (Å²) in [6.07, 6.45) is -4.33. The number of aromatic nitrogens is 2. The zero-order valence-corrected chi connectivity index (χ0v) is 16.2. The van der Waals surface area contributed by atoms with Crippen molar-refractivity contribution in [1.82, 2.24) is 9.55 Å². The molecule has 138 valence electrons. The van der Waals surface area contributed by atoms with Gasteiger partial charge in [0.2, 0.25) is 0 Å². The van der Waals surface area contributed by atoms with Gasteiger partial charge in [-0.25, -0.2) is 4.98 Å². The molecule has 1 heterocycles. The van der Waals surface area contributed by atoms with E-state index in [4.69, 9.17) is 0 Å². The van der Waals surface area contributed by atoms with E-state index in [1.807, 2.05) is 13.8 Å². The molecule has 0 saturated carbocycles. The van der Waals surface area contributed by atoms with Crippen molar-refractivity contribution in [2.45, 2.75) is 31.7 Å².